The van der Waals surface area contributed by atoms with Gasteiger partial charge in [-0.25, -0.2) is 15.0 Å². The number of hydrogen-bond acceptors (Lipinski definition) is 7. The zero-order chi connectivity index (χ0) is 17.8. The van der Waals surface area contributed by atoms with Gasteiger partial charge < -0.3 is 15.1 Å². The van der Waals surface area contributed by atoms with Crippen LogP contribution >= 0.6 is 11.6 Å². The average molecular weight is 368 g/mol. The molecule has 7 nitrogen and oxygen atoms in total. The van der Waals surface area contributed by atoms with Crippen molar-refractivity contribution in [2.45, 2.75) is 0 Å². The Morgan fingerprint density at radius 2 is 1.50 bits per heavy atom. The number of halogens is 1. The van der Waals surface area contributed by atoms with Crippen molar-refractivity contribution in [1.29, 1.82) is 0 Å². The number of hydrogen-bond donors (Lipinski definition) is 1. The van der Waals surface area contributed by atoms with Crippen molar-refractivity contribution in [3.8, 4) is 0 Å². The zero-order valence-corrected chi connectivity index (χ0v) is 14.8. The van der Waals surface area contributed by atoms with Gasteiger partial charge in [0.1, 0.15) is 5.82 Å². The lowest BCUT2D eigenvalue weighted by Crippen LogP contribution is -2.47. The lowest BCUT2D eigenvalue weighted by atomic mass is 10.3. The van der Waals surface area contributed by atoms with E-state index in [1.54, 1.807) is 18.6 Å². The number of nitrogens with one attached hydrogen (secondary N) is 1. The van der Waals surface area contributed by atoms with E-state index in [4.69, 9.17) is 11.6 Å². The fourth-order valence-electron chi connectivity index (χ4n) is 2.84. The quantitative estimate of drug-likeness (QED) is 0.760. The number of piperazine rings is 1. The summed E-state index contributed by atoms with van der Waals surface area (Å²) in [4.78, 5) is 22.0. The molecule has 1 aliphatic rings. The number of rotatable bonds is 4. The summed E-state index contributed by atoms with van der Waals surface area (Å²) in [6.45, 7) is 3.42. The predicted octanol–water partition coefficient (Wildman–Crippen LogP) is 2.99. The fourth-order valence-corrected chi connectivity index (χ4v) is 2.96. The van der Waals surface area contributed by atoms with E-state index < -0.39 is 0 Å². The maximum atomic E-state index is 5.92. The van der Waals surface area contributed by atoms with Crippen LogP contribution in [0.5, 0.6) is 0 Å². The van der Waals surface area contributed by atoms with Crippen molar-refractivity contribution in [2.75, 3.05) is 41.3 Å². The van der Waals surface area contributed by atoms with Gasteiger partial charge in [0.05, 0.1) is 0 Å². The summed E-state index contributed by atoms with van der Waals surface area (Å²) >= 11 is 5.92. The predicted molar refractivity (Wildman–Crippen MR) is 103 cm³/mol. The van der Waals surface area contributed by atoms with Crippen LogP contribution in [-0.2, 0) is 0 Å². The van der Waals surface area contributed by atoms with Gasteiger partial charge in [0.15, 0.2) is 0 Å². The summed E-state index contributed by atoms with van der Waals surface area (Å²) in [6.07, 6.45) is 5.31. The second kappa shape index (κ2) is 7.53. The maximum Gasteiger partial charge on any atom is 0.229 e. The van der Waals surface area contributed by atoms with Crippen LogP contribution in [-0.4, -0.2) is 46.1 Å². The van der Waals surface area contributed by atoms with Crippen molar-refractivity contribution in [2.24, 2.45) is 0 Å². The standard InChI is InChI=1S/C18H18ClN7/c19-14-2-4-15(5-3-14)23-17-20-9-6-16(24-17)25-10-12-26(13-11-25)18-21-7-1-8-22-18/h1-9H,10-13H2,(H,20,23,24). The second-order valence-electron chi connectivity index (χ2n) is 5.89. The molecule has 0 atom stereocenters. The van der Waals surface area contributed by atoms with Crippen LogP contribution in [0.3, 0.4) is 0 Å². The van der Waals surface area contributed by atoms with Gasteiger partial charge in [-0.15, -0.1) is 0 Å². The molecule has 0 saturated carbocycles. The number of aromatic nitrogens is 4. The highest BCUT2D eigenvalue weighted by Gasteiger charge is 2.20. The van der Waals surface area contributed by atoms with Crippen LogP contribution in [0, 0.1) is 0 Å². The van der Waals surface area contributed by atoms with Crippen molar-refractivity contribution >= 4 is 35.0 Å². The van der Waals surface area contributed by atoms with Gasteiger partial charge >= 0.3 is 0 Å². The molecule has 1 saturated heterocycles. The first-order valence-corrected chi connectivity index (χ1v) is 8.78. The molecule has 1 aromatic carbocycles. The molecule has 0 radical (unpaired) electrons. The van der Waals surface area contributed by atoms with Crippen LogP contribution in [0.25, 0.3) is 0 Å². The molecule has 132 valence electrons. The van der Waals surface area contributed by atoms with Crippen molar-refractivity contribution in [3.63, 3.8) is 0 Å². The summed E-state index contributed by atoms with van der Waals surface area (Å²) < 4.78 is 0. The fraction of sp³-hybridized carbons (Fsp3) is 0.222. The molecule has 3 heterocycles. The molecule has 0 bridgehead atoms. The number of benzene rings is 1. The van der Waals surface area contributed by atoms with Crippen molar-refractivity contribution in [1.82, 2.24) is 19.9 Å². The lowest BCUT2D eigenvalue weighted by molar-refractivity contribution is 0.634. The van der Waals surface area contributed by atoms with E-state index in [-0.39, 0.29) is 0 Å². The first-order valence-electron chi connectivity index (χ1n) is 8.40. The SMILES string of the molecule is Clc1ccc(Nc2nccc(N3CCN(c4ncccn4)CC3)n2)cc1. The van der Waals surface area contributed by atoms with Crippen LogP contribution < -0.4 is 15.1 Å². The molecule has 1 N–H and O–H groups in total. The molecular weight excluding hydrogens is 350 g/mol. The lowest BCUT2D eigenvalue weighted by Gasteiger charge is -2.35. The minimum Gasteiger partial charge on any atom is -0.353 e. The van der Waals surface area contributed by atoms with Crippen LogP contribution in [0.2, 0.25) is 5.02 Å². The first-order chi connectivity index (χ1) is 12.8. The summed E-state index contributed by atoms with van der Waals surface area (Å²) in [5.41, 5.74) is 0.901. The van der Waals surface area contributed by atoms with Gasteiger partial charge in [-0.1, -0.05) is 11.6 Å². The summed E-state index contributed by atoms with van der Waals surface area (Å²) in [7, 11) is 0. The minimum absolute atomic E-state index is 0.568. The minimum atomic E-state index is 0.568. The molecule has 0 spiro atoms. The molecule has 2 aromatic heterocycles. The molecule has 0 amide bonds. The number of anilines is 4. The molecule has 8 heteroatoms. The second-order valence-corrected chi connectivity index (χ2v) is 6.33. The Morgan fingerprint density at radius 3 is 2.23 bits per heavy atom. The highest BCUT2D eigenvalue weighted by molar-refractivity contribution is 6.30. The highest BCUT2D eigenvalue weighted by Crippen LogP contribution is 2.20. The average Bonchev–Trinajstić information content (AvgIpc) is 2.71. The van der Waals surface area contributed by atoms with Crippen molar-refractivity contribution in [3.05, 3.63) is 60.0 Å². The zero-order valence-electron chi connectivity index (χ0n) is 14.1. The monoisotopic (exact) mass is 367 g/mol. The molecule has 4 rings (SSSR count). The molecule has 3 aromatic rings. The van der Waals surface area contributed by atoms with Gasteiger partial charge in [0, 0.05) is 55.5 Å². The Balaban J connectivity index is 1.42. The normalized spacial score (nSPS) is 14.3. The summed E-state index contributed by atoms with van der Waals surface area (Å²) in [5.74, 6) is 2.25. The van der Waals surface area contributed by atoms with E-state index in [2.05, 4.69) is 35.1 Å². The Morgan fingerprint density at radius 1 is 0.808 bits per heavy atom. The largest absolute Gasteiger partial charge is 0.353 e. The third-order valence-electron chi connectivity index (χ3n) is 4.18. The Kier molecular flexibility index (Phi) is 4.79. The van der Waals surface area contributed by atoms with Gasteiger partial charge in [0.25, 0.3) is 0 Å². The van der Waals surface area contributed by atoms with E-state index in [9.17, 15) is 0 Å². The molecule has 1 aliphatic heterocycles. The molecule has 1 fully saturated rings. The van der Waals surface area contributed by atoms with E-state index in [1.807, 2.05) is 36.4 Å². The molecule has 0 unspecified atom stereocenters. The third kappa shape index (κ3) is 3.83. The van der Waals surface area contributed by atoms with E-state index in [0.717, 1.165) is 43.6 Å². The van der Waals surface area contributed by atoms with Crippen LogP contribution in [0.1, 0.15) is 0 Å². The molecular formula is C18H18ClN7. The van der Waals surface area contributed by atoms with Gasteiger partial charge in [0.2, 0.25) is 11.9 Å². The van der Waals surface area contributed by atoms with Gasteiger partial charge in [-0.3, -0.25) is 0 Å². The summed E-state index contributed by atoms with van der Waals surface area (Å²) in [6, 6.07) is 11.2. The van der Waals surface area contributed by atoms with E-state index in [0.29, 0.717) is 11.0 Å². The number of nitrogens with zero attached hydrogens (tertiary/aromatic N) is 6. The third-order valence-corrected chi connectivity index (χ3v) is 4.43. The smallest absolute Gasteiger partial charge is 0.229 e. The Labute approximate surface area is 156 Å². The summed E-state index contributed by atoms with van der Waals surface area (Å²) in [5, 5.41) is 3.91. The van der Waals surface area contributed by atoms with Crippen LogP contribution in [0.4, 0.5) is 23.4 Å². The van der Waals surface area contributed by atoms with Crippen LogP contribution in [0.15, 0.2) is 55.0 Å². The first kappa shape index (κ1) is 16.5. The topological polar surface area (TPSA) is 70.1 Å². The van der Waals surface area contributed by atoms with E-state index in [1.165, 1.54) is 0 Å². The Bertz CT molecular complexity index is 849. The molecule has 0 aliphatic carbocycles. The maximum absolute atomic E-state index is 5.92. The van der Waals surface area contributed by atoms with Crippen molar-refractivity contribution < 1.29 is 0 Å². The van der Waals surface area contributed by atoms with Gasteiger partial charge in [-0.2, -0.15) is 4.98 Å². The van der Waals surface area contributed by atoms with E-state index >= 15 is 0 Å². The molecule has 26 heavy (non-hydrogen) atoms. The highest BCUT2D eigenvalue weighted by atomic mass is 35.5. The van der Waals surface area contributed by atoms with Gasteiger partial charge in [-0.05, 0) is 36.4 Å². The Hall–Kier alpha value is -2.93.